The number of carbonyl (C=O) groups is 1. The van der Waals surface area contributed by atoms with Crippen molar-refractivity contribution in [2.45, 2.75) is 20.3 Å². The molecule has 0 aliphatic carbocycles. The molecule has 0 saturated heterocycles. The summed E-state index contributed by atoms with van der Waals surface area (Å²) in [5.74, 6) is 0.204. The van der Waals surface area contributed by atoms with E-state index in [-0.39, 0.29) is 5.78 Å². The van der Waals surface area contributed by atoms with Gasteiger partial charge in [-0.05, 0) is 41.4 Å². The molecule has 1 heterocycles. The van der Waals surface area contributed by atoms with Gasteiger partial charge in [0.15, 0.2) is 0 Å². The number of nitrogens with zero attached hydrogens (tertiary/aromatic N) is 1. The number of carbonyl (C=O) groups excluding carboxylic acids is 1. The third-order valence-corrected chi connectivity index (χ3v) is 3.65. The fraction of sp³-hybridized carbons (Fsp3) is 0.308. The average molecular weight is 280 g/mol. The van der Waals surface area contributed by atoms with E-state index in [0.717, 1.165) is 21.2 Å². The van der Waals surface area contributed by atoms with Gasteiger partial charge in [0.2, 0.25) is 0 Å². The van der Waals surface area contributed by atoms with Crippen LogP contribution in [0.1, 0.15) is 18.2 Å². The highest BCUT2D eigenvalue weighted by Gasteiger charge is 2.14. The van der Waals surface area contributed by atoms with E-state index in [1.165, 1.54) is 5.39 Å². The largest absolute Gasteiger partial charge is 0.347 e. The van der Waals surface area contributed by atoms with Crippen LogP contribution in [0.2, 0.25) is 0 Å². The smallest absolute Gasteiger partial charge is 0.134 e. The lowest BCUT2D eigenvalue weighted by molar-refractivity contribution is -0.116. The number of para-hydroxylation sites is 1. The van der Waals surface area contributed by atoms with Gasteiger partial charge < -0.3 is 4.57 Å². The second-order valence-electron chi connectivity index (χ2n) is 4.14. The molecule has 0 spiro atoms. The molecule has 2 rings (SSSR count). The van der Waals surface area contributed by atoms with Crippen LogP contribution >= 0.6 is 15.9 Å². The van der Waals surface area contributed by atoms with Crippen molar-refractivity contribution in [3.63, 3.8) is 0 Å². The van der Waals surface area contributed by atoms with Gasteiger partial charge in [0, 0.05) is 29.0 Å². The van der Waals surface area contributed by atoms with Crippen molar-refractivity contribution in [2.24, 2.45) is 7.05 Å². The van der Waals surface area contributed by atoms with Crippen LogP contribution in [0.25, 0.3) is 10.9 Å². The highest BCUT2D eigenvalue weighted by Crippen LogP contribution is 2.30. The monoisotopic (exact) mass is 279 g/mol. The lowest BCUT2D eigenvalue weighted by Gasteiger charge is -2.00. The number of hydrogen-bond donors (Lipinski definition) is 0. The third kappa shape index (κ3) is 1.69. The lowest BCUT2D eigenvalue weighted by Crippen LogP contribution is -1.98. The van der Waals surface area contributed by atoms with Gasteiger partial charge in [-0.15, -0.1) is 0 Å². The summed E-state index contributed by atoms with van der Waals surface area (Å²) >= 11 is 3.56. The van der Waals surface area contributed by atoms with E-state index in [0.29, 0.717) is 6.42 Å². The van der Waals surface area contributed by atoms with Crippen molar-refractivity contribution in [1.29, 1.82) is 0 Å². The summed E-state index contributed by atoms with van der Waals surface area (Å²) in [7, 11) is 2.03. The summed E-state index contributed by atoms with van der Waals surface area (Å²) in [4.78, 5) is 11.3. The Morgan fingerprint density at radius 2 is 2.12 bits per heavy atom. The summed E-state index contributed by atoms with van der Waals surface area (Å²) in [5.41, 5.74) is 3.47. The number of aryl methyl sites for hydroxylation is 1. The van der Waals surface area contributed by atoms with E-state index in [2.05, 4.69) is 33.5 Å². The number of hydrogen-bond acceptors (Lipinski definition) is 1. The number of aromatic nitrogens is 1. The highest BCUT2D eigenvalue weighted by atomic mass is 79.9. The van der Waals surface area contributed by atoms with Crippen molar-refractivity contribution in [1.82, 2.24) is 4.57 Å². The van der Waals surface area contributed by atoms with Gasteiger partial charge in [0.1, 0.15) is 5.78 Å². The van der Waals surface area contributed by atoms with Crippen LogP contribution < -0.4 is 0 Å². The van der Waals surface area contributed by atoms with Gasteiger partial charge in [-0.25, -0.2) is 0 Å². The minimum absolute atomic E-state index is 0.204. The van der Waals surface area contributed by atoms with Gasteiger partial charge in [0.05, 0.1) is 5.52 Å². The highest BCUT2D eigenvalue weighted by molar-refractivity contribution is 9.10. The van der Waals surface area contributed by atoms with Gasteiger partial charge in [0.25, 0.3) is 0 Å². The van der Waals surface area contributed by atoms with Crippen LogP contribution in [0.5, 0.6) is 0 Å². The first-order valence-corrected chi connectivity index (χ1v) is 6.03. The Hall–Kier alpha value is -1.09. The fourth-order valence-corrected chi connectivity index (χ4v) is 2.77. The molecule has 1 aromatic carbocycles. The topological polar surface area (TPSA) is 22.0 Å². The van der Waals surface area contributed by atoms with Gasteiger partial charge >= 0.3 is 0 Å². The van der Waals surface area contributed by atoms with E-state index in [9.17, 15) is 4.79 Å². The fourth-order valence-electron chi connectivity index (χ4n) is 2.14. The molecule has 0 unspecified atom stereocenters. The van der Waals surface area contributed by atoms with E-state index in [4.69, 9.17) is 0 Å². The number of benzene rings is 1. The quantitative estimate of drug-likeness (QED) is 0.826. The molecule has 0 aliphatic heterocycles. The Labute approximate surface area is 103 Å². The summed E-state index contributed by atoms with van der Waals surface area (Å²) in [6.45, 7) is 3.70. The molecule has 0 aliphatic rings. The zero-order chi connectivity index (χ0) is 11.9. The molecule has 1 aromatic heterocycles. The number of fused-ring (bicyclic) bond motifs is 1. The molecule has 0 bridgehead atoms. The zero-order valence-corrected chi connectivity index (χ0v) is 11.3. The van der Waals surface area contributed by atoms with Crippen LogP contribution in [-0.4, -0.2) is 10.4 Å². The maximum atomic E-state index is 11.3. The molecule has 2 nitrogen and oxygen atoms in total. The number of rotatable bonds is 2. The molecule has 0 atom stereocenters. The van der Waals surface area contributed by atoms with Crippen molar-refractivity contribution in [3.05, 3.63) is 33.9 Å². The van der Waals surface area contributed by atoms with Gasteiger partial charge in [-0.2, -0.15) is 0 Å². The van der Waals surface area contributed by atoms with E-state index < -0.39 is 0 Å². The molecule has 0 radical (unpaired) electrons. The molecule has 84 valence electrons. The van der Waals surface area contributed by atoms with Crippen molar-refractivity contribution >= 4 is 32.6 Å². The number of halogens is 1. The summed E-state index contributed by atoms with van der Waals surface area (Å²) in [6, 6.07) is 6.11. The molecule has 0 amide bonds. The van der Waals surface area contributed by atoms with E-state index in [1.807, 2.05) is 19.2 Å². The number of ketones is 1. The predicted molar refractivity (Wildman–Crippen MR) is 69.7 cm³/mol. The Bertz CT molecular complexity index is 569. The van der Waals surface area contributed by atoms with Crippen molar-refractivity contribution < 1.29 is 4.79 Å². The average Bonchev–Trinajstić information content (AvgIpc) is 2.44. The molecule has 0 saturated carbocycles. The summed E-state index contributed by atoms with van der Waals surface area (Å²) in [5, 5.41) is 1.17. The van der Waals surface area contributed by atoms with Crippen LogP contribution in [0.3, 0.4) is 0 Å². The minimum atomic E-state index is 0.204. The molecular weight excluding hydrogens is 266 g/mol. The Kier molecular flexibility index (Phi) is 2.89. The first-order chi connectivity index (χ1) is 7.52. The van der Waals surface area contributed by atoms with E-state index in [1.54, 1.807) is 6.92 Å². The van der Waals surface area contributed by atoms with Crippen molar-refractivity contribution in [3.8, 4) is 0 Å². The second-order valence-corrected chi connectivity index (χ2v) is 4.99. The van der Waals surface area contributed by atoms with Crippen LogP contribution in [-0.2, 0) is 18.3 Å². The van der Waals surface area contributed by atoms with Crippen LogP contribution in [0.15, 0.2) is 22.7 Å². The van der Waals surface area contributed by atoms with E-state index >= 15 is 0 Å². The Balaban J connectivity index is 2.79. The summed E-state index contributed by atoms with van der Waals surface area (Å²) < 4.78 is 3.21. The predicted octanol–water partition coefficient (Wildman–Crippen LogP) is 3.38. The SMILES string of the molecule is CC(=O)Cc1c(C)n(C)c2c(Br)cccc12. The van der Waals surface area contributed by atoms with Crippen LogP contribution in [0.4, 0.5) is 0 Å². The molecule has 16 heavy (non-hydrogen) atoms. The Morgan fingerprint density at radius 1 is 1.44 bits per heavy atom. The van der Waals surface area contributed by atoms with Gasteiger partial charge in [-0.3, -0.25) is 4.79 Å². The molecular formula is C13H14BrNO. The Morgan fingerprint density at radius 3 is 2.75 bits per heavy atom. The molecule has 2 aromatic rings. The summed E-state index contributed by atoms with van der Waals surface area (Å²) in [6.07, 6.45) is 0.514. The van der Waals surface area contributed by atoms with Crippen molar-refractivity contribution in [2.75, 3.05) is 0 Å². The number of Topliss-reactive ketones (excluding diaryl/α,β-unsaturated/α-hetero) is 1. The molecule has 0 fully saturated rings. The third-order valence-electron chi connectivity index (χ3n) is 3.01. The normalized spacial score (nSPS) is 11.0. The first-order valence-electron chi connectivity index (χ1n) is 5.24. The van der Waals surface area contributed by atoms with Gasteiger partial charge in [-0.1, -0.05) is 12.1 Å². The minimum Gasteiger partial charge on any atom is -0.347 e. The first kappa shape index (κ1) is 11.4. The maximum Gasteiger partial charge on any atom is 0.134 e. The van der Waals surface area contributed by atoms with Crippen LogP contribution in [0, 0.1) is 6.92 Å². The zero-order valence-electron chi connectivity index (χ0n) is 9.67. The molecule has 3 heteroatoms. The molecule has 0 N–H and O–H groups in total. The maximum absolute atomic E-state index is 11.3. The lowest BCUT2D eigenvalue weighted by atomic mass is 10.1. The standard InChI is InChI=1S/C13H14BrNO/c1-8(16)7-11-9(2)15(3)13-10(11)5-4-6-12(13)14/h4-6H,7H2,1-3H3. The second kappa shape index (κ2) is 4.06.